The van der Waals surface area contributed by atoms with Crippen molar-refractivity contribution in [3.63, 3.8) is 0 Å². The van der Waals surface area contributed by atoms with E-state index in [1.807, 2.05) is 18.4 Å². The van der Waals surface area contributed by atoms with Crippen molar-refractivity contribution in [2.45, 2.75) is 12.8 Å². The van der Waals surface area contributed by atoms with Crippen LogP contribution in [0.1, 0.15) is 12.8 Å². The standard InChI is InChI=1S/C11H14N2O/c1-14-9-2-3-11-10(6-9)8(4-5-12)7-13-11/h2-3,7H,4-6,12H2,1H3. The van der Waals surface area contributed by atoms with Gasteiger partial charge in [-0.15, -0.1) is 0 Å². The van der Waals surface area contributed by atoms with Gasteiger partial charge in [0, 0.05) is 12.6 Å². The molecule has 0 saturated heterocycles. The molecule has 1 heterocycles. The third-order valence-electron chi connectivity index (χ3n) is 2.51. The van der Waals surface area contributed by atoms with Gasteiger partial charge in [-0.05, 0) is 36.3 Å². The van der Waals surface area contributed by atoms with Gasteiger partial charge in [0.2, 0.25) is 0 Å². The van der Waals surface area contributed by atoms with Gasteiger partial charge in [-0.2, -0.15) is 0 Å². The summed E-state index contributed by atoms with van der Waals surface area (Å²) in [5, 5.41) is 0. The Bertz CT molecular complexity index is 361. The number of ether oxygens (including phenoxy) is 1. The van der Waals surface area contributed by atoms with Crippen molar-refractivity contribution in [2.24, 2.45) is 10.7 Å². The molecule has 2 rings (SSSR count). The second-order valence-corrected chi connectivity index (χ2v) is 3.37. The van der Waals surface area contributed by atoms with Gasteiger partial charge in [-0.3, -0.25) is 4.99 Å². The number of hydrogen-bond donors (Lipinski definition) is 1. The van der Waals surface area contributed by atoms with E-state index in [9.17, 15) is 0 Å². The zero-order valence-electron chi connectivity index (χ0n) is 8.29. The van der Waals surface area contributed by atoms with Crippen LogP contribution in [0.25, 0.3) is 0 Å². The summed E-state index contributed by atoms with van der Waals surface area (Å²) >= 11 is 0. The molecule has 0 fully saturated rings. The van der Waals surface area contributed by atoms with Crippen LogP contribution in [0, 0.1) is 0 Å². The van der Waals surface area contributed by atoms with Crippen molar-refractivity contribution in [1.29, 1.82) is 0 Å². The highest BCUT2D eigenvalue weighted by Crippen LogP contribution is 2.32. The highest BCUT2D eigenvalue weighted by molar-refractivity contribution is 5.86. The summed E-state index contributed by atoms with van der Waals surface area (Å²) < 4.78 is 5.22. The van der Waals surface area contributed by atoms with Gasteiger partial charge in [-0.1, -0.05) is 0 Å². The Morgan fingerprint density at radius 1 is 1.50 bits per heavy atom. The fourth-order valence-corrected chi connectivity index (χ4v) is 1.73. The van der Waals surface area contributed by atoms with Crippen molar-refractivity contribution in [3.05, 3.63) is 34.8 Å². The van der Waals surface area contributed by atoms with Crippen LogP contribution in [0.3, 0.4) is 0 Å². The number of fused-ring (bicyclic) bond motifs is 1. The number of rotatable bonds is 3. The molecule has 14 heavy (non-hydrogen) atoms. The largest absolute Gasteiger partial charge is 0.501 e. The molecule has 1 aliphatic heterocycles. The van der Waals surface area contributed by atoms with Gasteiger partial charge in [0.25, 0.3) is 0 Å². The number of allylic oxidation sites excluding steroid dienone is 4. The first-order valence-corrected chi connectivity index (χ1v) is 4.76. The molecule has 3 nitrogen and oxygen atoms in total. The Morgan fingerprint density at radius 2 is 2.36 bits per heavy atom. The molecule has 0 aromatic carbocycles. The molecule has 0 amide bonds. The molecule has 0 aromatic rings. The predicted molar refractivity (Wildman–Crippen MR) is 57.0 cm³/mol. The van der Waals surface area contributed by atoms with E-state index in [4.69, 9.17) is 10.5 Å². The highest BCUT2D eigenvalue weighted by Gasteiger charge is 2.19. The van der Waals surface area contributed by atoms with Gasteiger partial charge >= 0.3 is 0 Å². The lowest BCUT2D eigenvalue weighted by molar-refractivity contribution is 0.282. The van der Waals surface area contributed by atoms with Crippen molar-refractivity contribution in [3.8, 4) is 0 Å². The van der Waals surface area contributed by atoms with E-state index >= 15 is 0 Å². The van der Waals surface area contributed by atoms with E-state index in [-0.39, 0.29) is 0 Å². The molecule has 2 aliphatic rings. The first kappa shape index (κ1) is 9.21. The third-order valence-corrected chi connectivity index (χ3v) is 2.51. The Morgan fingerprint density at radius 3 is 3.07 bits per heavy atom. The Hall–Kier alpha value is -1.35. The van der Waals surface area contributed by atoms with Crippen LogP contribution >= 0.6 is 0 Å². The van der Waals surface area contributed by atoms with Gasteiger partial charge in [0.1, 0.15) is 5.76 Å². The zero-order valence-corrected chi connectivity index (χ0v) is 8.29. The number of hydrogen-bond acceptors (Lipinski definition) is 3. The van der Waals surface area contributed by atoms with Crippen LogP contribution in [0.15, 0.2) is 39.7 Å². The first-order chi connectivity index (χ1) is 6.85. The van der Waals surface area contributed by atoms with Crippen LogP contribution in [-0.4, -0.2) is 19.9 Å². The lowest BCUT2D eigenvalue weighted by Crippen LogP contribution is -2.03. The molecule has 0 saturated carbocycles. The smallest absolute Gasteiger partial charge is 0.100 e. The molecule has 0 aromatic heterocycles. The average molecular weight is 190 g/mol. The van der Waals surface area contributed by atoms with Crippen LogP contribution in [0.4, 0.5) is 0 Å². The van der Waals surface area contributed by atoms with E-state index in [0.29, 0.717) is 6.54 Å². The van der Waals surface area contributed by atoms with Gasteiger partial charge in [0.05, 0.1) is 12.8 Å². The monoisotopic (exact) mass is 190 g/mol. The third kappa shape index (κ3) is 1.51. The van der Waals surface area contributed by atoms with Crippen molar-refractivity contribution < 1.29 is 4.74 Å². The first-order valence-electron chi connectivity index (χ1n) is 4.76. The summed E-state index contributed by atoms with van der Waals surface area (Å²) in [5.41, 5.74) is 9.12. The molecule has 74 valence electrons. The maximum atomic E-state index is 5.54. The second kappa shape index (κ2) is 3.80. The molecule has 2 N–H and O–H groups in total. The summed E-state index contributed by atoms with van der Waals surface area (Å²) in [6.45, 7) is 0.671. The SMILES string of the molecule is COC1=CC=C2N=CC(CCN)=C2C1. The molecule has 0 radical (unpaired) electrons. The van der Waals surface area contributed by atoms with Crippen molar-refractivity contribution in [1.82, 2.24) is 0 Å². The van der Waals surface area contributed by atoms with Crippen LogP contribution in [0.5, 0.6) is 0 Å². The van der Waals surface area contributed by atoms with E-state index in [1.165, 1.54) is 11.1 Å². The minimum Gasteiger partial charge on any atom is -0.501 e. The minimum atomic E-state index is 0.671. The van der Waals surface area contributed by atoms with E-state index in [0.717, 1.165) is 24.3 Å². The normalized spacial score (nSPS) is 19.3. The van der Waals surface area contributed by atoms with Crippen molar-refractivity contribution >= 4 is 6.21 Å². The summed E-state index contributed by atoms with van der Waals surface area (Å²) in [7, 11) is 1.70. The van der Waals surface area contributed by atoms with Crippen molar-refractivity contribution in [2.75, 3.05) is 13.7 Å². The molecule has 3 heteroatoms. The highest BCUT2D eigenvalue weighted by atomic mass is 16.5. The number of nitrogens with zero attached hydrogens (tertiary/aromatic N) is 1. The molecule has 0 spiro atoms. The van der Waals surface area contributed by atoms with E-state index < -0.39 is 0 Å². The summed E-state index contributed by atoms with van der Waals surface area (Å²) in [5.74, 6) is 0.990. The Kier molecular flexibility index (Phi) is 2.50. The van der Waals surface area contributed by atoms with Crippen LogP contribution < -0.4 is 5.73 Å². The number of methoxy groups -OCH3 is 1. The van der Waals surface area contributed by atoms with Gasteiger partial charge in [-0.25, -0.2) is 0 Å². The van der Waals surface area contributed by atoms with Gasteiger partial charge < -0.3 is 10.5 Å². The fraction of sp³-hybridized carbons (Fsp3) is 0.364. The molecule has 0 unspecified atom stereocenters. The summed E-state index contributed by atoms with van der Waals surface area (Å²) in [6, 6.07) is 0. The Balaban J connectivity index is 2.26. The van der Waals surface area contributed by atoms with Crippen LogP contribution in [0.2, 0.25) is 0 Å². The van der Waals surface area contributed by atoms with Crippen LogP contribution in [-0.2, 0) is 4.74 Å². The quantitative estimate of drug-likeness (QED) is 0.733. The molecular weight excluding hydrogens is 176 g/mol. The number of nitrogens with two attached hydrogens (primary N) is 1. The molecule has 0 bridgehead atoms. The fourth-order valence-electron chi connectivity index (χ4n) is 1.73. The maximum Gasteiger partial charge on any atom is 0.100 e. The predicted octanol–water partition coefficient (Wildman–Crippen LogP) is 1.53. The Labute approximate surface area is 83.7 Å². The lowest BCUT2D eigenvalue weighted by Gasteiger charge is -2.13. The van der Waals surface area contributed by atoms with Gasteiger partial charge in [0.15, 0.2) is 0 Å². The van der Waals surface area contributed by atoms with E-state index in [2.05, 4.69) is 4.99 Å². The second-order valence-electron chi connectivity index (χ2n) is 3.37. The minimum absolute atomic E-state index is 0.671. The lowest BCUT2D eigenvalue weighted by atomic mass is 9.98. The topological polar surface area (TPSA) is 47.6 Å². The maximum absolute atomic E-state index is 5.54. The summed E-state index contributed by atoms with van der Waals surface area (Å²) in [6.07, 6.45) is 7.63. The summed E-state index contributed by atoms with van der Waals surface area (Å²) in [4.78, 5) is 4.33. The zero-order chi connectivity index (χ0) is 9.97. The molecule has 0 atom stereocenters. The van der Waals surface area contributed by atoms with E-state index in [1.54, 1.807) is 7.11 Å². The average Bonchev–Trinajstić information content (AvgIpc) is 2.61. The molecular formula is C11H14N2O. The molecule has 1 aliphatic carbocycles. The number of aliphatic imine (C=N–C) groups is 1.